The number of nitrogens with zero attached hydrogens (tertiary/aromatic N) is 3. The number of amides is 1. The van der Waals surface area contributed by atoms with Crippen LogP contribution in [0.4, 0.5) is 0 Å². The van der Waals surface area contributed by atoms with Crippen molar-refractivity contribution in [1.29, 1.82) is 0 Å². The highest BCUT2D eigenvalue weighted by atomic mass is 16.5. The van der Waals surface area contributed by atoms with Gasteiger partial charge in [0, 0.05) is 29.9 Å². The number of nitrogens with one attached hydrogen (secondary N) is 1. The molecule has 3 aromatic heterocycles. The highest BCUT2D eigenvalue weighted by Gasteiger charge is 2.25. The van der Waals surface area contributed by atoms with E-state index in [4.69, 9.17) is 9.15 Å². The Morgan fingerprint density at radius 3 is 2.97 bits per heavy atom. The Labute approximate surface area is 179 Å². The standard InChI is InChI=1S/C24H22N4O3/c29-21(9-8-17-5-2-1-3-6-17)28-11-4-7-19(14-28)31-24-22-20(18-10-12-30-15-18)13-25-23(22)26-16-27-24/h1-3,5-6,8-10,12-13,15-16,19H,4,7,11,14H2,(H,25,26,27)/b9-8+/t19-/m1/s1. The van der Waals surface area contributed by atoms with E-state index in [2.05, 4.69) is 15.0 Å². The van der Waals surface area contributed by atoms with Gasteiger partial charge in [-0.05, 0) is 30.5 Å². The number of aromatic nitrogens is 3. The topological polar surface area (TPSA) is 84.3 Å². The number of hydrogen-bond acceptors (Lipinski definition) is 5. The molecule has 1 saturated heterocycles. The molecular weight excluding hydrogens is 392 g/mol. The molecule has 1 aliphatic heterocycles. The third kappa shape index (κ3) is 4.07. The van der Waals surface area contributed by atoms with Crippen molar-refractivity contribution in [3.63, 3.8) is 0 Å². The van der Waals surface area contributed by atoms with E-state index in [0.29, 0.717) is 18.1 Å². The van der Waals surface area contributed by atoms with Crippen molar-refractivity contribution < 1.29 is 13.9 Å². The van der Waals surface area contributed by atoms with E-state index in [9.17, 15) is 4.79 Å². The molecule has 1 atom stereocenters. The molecule has 1 N–H and O–H groups in total. The lowest BCUT2D eigenvalue weighted by Crippen LogP contribution is -2.43. The third-order valence-electron chi connectivity index (χ3n) is 5.45. The first kappa shape index (κ1) is 19.1. The summed E-state index contributed by atoms with van der Waals surface area (Å²) in [6.45, 7) is 1.25. The van der Waals surface area contributed by atoms with E-state index in [1.165, 1.54) is 6.33 Å². The maximum Gasteiger partial charge on any atom is 0.246 e. The molecule has 4 aromatic rings. The van der Waals surface area contributed by atoms with Crippen molar-refractivity contribution >= 4 is 23.0 Å². The van der Waals surface area contributed by atoms with Crippen LogP contribution >= 0.6 is 0 Å². The average Bonchev–Trinajstić information content (AvgIpc) is 3.49. The second-order valence-electron chi connectivity index (χ2n) is 7.53. The lowest BCUT2D eigenvalue weighted by molar-refractivity contribution is -0.128. The van der Waals surface area contributed by atoms with Gasteiger partial charge in [-0.15, -0.1) is 0 Å². The van der Waals surface area contributed by atoms with Gasteiger partial charge in [0.1, 0.15) is 18.1 Å². The summed E-state index contributed by atoms with van der Waals surface area (Å²) in [5, 5.41) is 0.816. The highest BCUT2D eigenvalue weighted by Crippen LogP contribution is 2.34. The molecule has 0 bridgehead atoms. The van der Waals surface area contributed by atoms with Crippen LogP contribution in [0.25, 0.3) is 28.2 Å². The van der Waals surface area contributed by atoms with E-state index in [1.807, 2.05) is 53.6 Å². The molecule has 1 aromatic carbocycles. The van der Waals surface area contributed by atoms with Gasteiger partial charge in [0.25, 0.3) is 0 Å². The first-order chi connectivity index (χ1) is 15.3. The number of furan rings is 1. The van der Waals surface area contributed by atoms with Crippen LogP contribution in [-0.2, 0) is 4.79 Å². The van der Waals surface area contributed by atoms with Gasteiger partial charge in [0.15, 0.2) is 0 Å². The molecule has 156 valence electrons. The van der Waals surface area contributed by atoms with Gasteiger partial charge in [-0.3, -0.25) is 4.79 Å². The van der Waals surface area contributed by atoms with Crippen LogP contribution in [0.15, 0.2) is 71.9 Å². The summed E-state index contributed by atoms with van der Waals surface area (Å²) < 4.78 is 11.5. The van der Waals surface area contributed by atoms with Crippen LogP contribution in [0.3, 0.4) is 0 Å². The molecule has 0 aliphatic carbocycles. The number of carbonyl (C=O) groups is 1. The number of piperidine rings is 1. The molecule has 5 rings (SSSR count). The number of H-pyrrole nitrogens is 1. The van der Waals surface area contributed by atoms with Gasteiger partial charge in [0.2, 0.25) is 11.8 Å². The number of fused-ring (bicyclic) bond motifs is 1. The number of benzene rings is 1. The molecule has 7 heteroatoms. The van der Waals surface area contributed by atoms with E-state index in [0.717, 1.165) is 41.5 Å². The fraction of sp³-hybridized carbons (Fsp3) is 0.208. The first-order valence-corrected chi connectivity index (χ1v) is 10.3. The van der Waals surface area contributed by atoms with Gasteiger partial charge < -0.3 is 19.0 Å². The summed E-state index contributed by atoms with van der Waals surface area (Å²) in [5.74, 6) is 0.507. The first-order valence-electron chi connectivity index (χ1n) is 10.3. The summed E-state index contributed by atoms with van der Waals surface area (Å²) in [6, 6.07) is 11.7. The van der Waals surface area contributed by atoms with Crippen molar-refractivity contribution in [3.05, 3.63) is 73.1 Å². The maximum atomic E-state index is 12.7. The minimum atomic E-state index is -0.131. The zero-order chi connectivity index (χ0) is 21.0. The van der Waals surface area contributed by atoms with E-state index < -0.39 is 0 Å². The summed E-state index contributed by atoms with van der Waals surface area (Å²) >= 11 is 0. The number of aromatic amines is 1. The van der Waals surface area contributed by atoms with Crippen molar-refractivity contribution in [2.45, 2.75) is 18.9 Å². The summed E-state index contributed by atoms with van der Waals surface area (Å²) in [4.78, 5) is 26.4. The zero-order valence-electron chi connectivity index (χ0n) is 16.9. The van der Waals surface area contributed by atoms with Crippen LogP contribution < -0.4 is 4.74 Å². The number of ether oxygens (including phenoxy) is 1. The molecule has 1 amide bonds. The van der Waals surface area contributed by atoms with Crippen LogP contribution in [0.1, 0.15) is 18.4 Å². The third-order valence-corrected chi connectivity index (χ3v) is 5.45. The summed E-state index contributed by atoms with van der Waals surface area (Å²) in [6.07, 6.45) is 11.8. The molecule has 4 heterocycles. The highest BCUT2D eigenvalue weighted by molar-refractivity contribution is 5.96. The van der Waals surface area contributed by atoms with Gasteiger partial charge in [-0.25, -0.2) is 9.97 Å². The van der Waals surface area contributed by atoms with Crippen LogP contribution in [0.2, 0.25) is 0 Å². The van der Waals surface area contributed by atoms with Gasteiger partial charge >= 0.3 is 0 Å². The maximum absolute atomic E-state index is 12.7. The second kappa shape index (κ2) is 8.47. The smallest absolute Gasteiger partial charge is 0.246 e. The molecule has 7 nitrogen and oxygen atoms in total. The van der Waals surface area contributed by atoms with E-state index in [-0.39, 0.29) is 12.0 Å². The lowest BCUT2D eigenvalue weighted by atomic mass is 10.1. The van der Waals surface area contributed by atoms with Crippen molar-refractivity contribution in [3.8, 4) is 17.0 Å². The Hall–Kier alpha value is -3.87. The Morgan fingerprint density at radius 1 is 1.23 bits per heavy atom. The molecule has 1 aliphatic rings. The summed E-state index contributed by atoms with van der Waals surface area (Å²) in [5.41, 5.74) is 3.56. The number of rotatable bonds is 5. The average molecular weight is 414 g/mol. The van der Waals surface area contributed by atoms with Crippen molar-refractivity contribution in [1.82, 2.24) is 19.9 Å². The van der Waals surface area contributed by atoms with Crippen LogP contribution in [0.5, 0.6) is 5.88 Å². The predicted molar refractivity (Wildman–Crippen MR) is 117 cm³/mol. The fourth-order valence-electron chi connectivity index (χ4n) is 3.90. The SMILES string of the molecule is O=C(/C=C/c1ccccc1)N1CCC[C@@H](Oc2ncnc3[nH]cc(-c4ccoc4)c23)C1. The molecule has 0 radical (unpaired) electrons. The zero-order valence-corrected chi connectivity index (χ0v) is 16.9. The second-order valence-corrected chi connectivity index (χ2v) is 7.53. The van der Waals surface area contributed by atoms with Gasteiger partial charge in [0.05, 0.1) is 24.5 Å². The molecule has 31 heavy (non-hydrogen) atoms. The largest absolute Gasteiger partial charge is 0.472 e. The predicted octanol–water partition coefficient (Wildman–Crippen LogP) is 4.30. The lowest BCUT2D eigenvalue weighted by Gasteiger charge is -2.32. The normalized spacial score (nSPS) is 16.8. The Morgan fingerprint density at radius 2 is 2.13 bits per heavy atom. The van der Waals surface area contributed by atoms with Crippen molar-refractivity contribution in [2.24, 2.45) is 0 Å². The van der Waals surface area contributed by atoms with E-state index in [1.54, 1.807) is 18.6 Å². The molecule has 0 unspecified atom stereocenters. The molecular formula is C24H22N4O3. The fourth-order valence-corrected chi connectivity index (χ4v) is 3.90. The van der Waals surface area contributed by atoms with Gasteiger partial charge in [-0.1, -0.05) is 30.3 Å². The quantitative estimate of drug-likeness (QED) is 0.492. The number of hydrogen-bond donors (Lipinski definition) is 1. The monoisotopic (exact) mass is 414 g/mol. The van der Waals surface area contributed by atoms with Crippen molar-refractivity contribution in [2.75, 3.05) is 13.1 Å². The number of carbonyl (C=O) groups excluding carboxylic acids is 1. The van der Waals surface area contributed by atoms with E-state index >= 15 is 0 Å². The Kier molecular flexibility index (Phi) is 5.22. The summed E-state index contributed by atoms with van der Waals surface area (Å²) in [7, 11) is 0. The Bertz CT molecular complexity index is 1200. The number of likely N-dealkylation sites (tertiary alicyclic amines) is 1. The Balaban J connectivity index is 1.33. The molecule has 0 saturated carbocycles. The van der Waals surface area contributed by atoms with Gasteiger partial charge in [-0.2, -0.15) is 0 Å². The minimum Gasteiger partial charge on any atom is -0.472 e. The van der Waals surface area contributed by atoms with Crippen LogP contribution in [-0.4, -0.2) is 45.0 Å². The molecule has 1 fully saturated rings. The van der Waals surface area contributed by atoms with Crippen LogP contribution in [0, 0.1) is 0 Å². The minimum absolute atomic E-state index is 0.00859. The molecule has 0 spiro atoms.